The molecule has 1 unspecified atom stereocenters. The van der Waals surface area contributed by atoms with E-state index in [0.717, 1.165) is 32.0 Å². The van der Waals surface area contributed by atoms with E-state index in [1.165, 1.54) is 7.11 Å². The maximum absolute atomic E-state index is 11.6. The molecule has 0 N–H and O–H groups in total. The Kier molecular flexibility index (Phi) is 4.52. The zero-order valence-corrected chi connectivity index (χ0v) is 11.2. The van der Waals surface area contributed by atoms with E-state index < -0.39 is 0 Å². The molecule has 19 heavy (non-hydrogen) atoms. The SMILES string of the molecule is C=CC(C(=O)OC)N1CCN(c2ccccn2)CC1. The summed E-state index contributed by atoms with van der Waals surface area (Å²) in [6.45, 7) is 6.99. The highest BCUT2D eigenvalue weighted by Gasteiger charge is 2.27. The number of esters is 1. The Morgan fingerprint density at radius 2 is 2.16 bits per heavy atom. The van der Waals surface area contributed by atoms with Gasteiger partial charge in [-0.1, -0.05) is 12.1 Å². The Balaban J connectivity index is 1.95. The van der Waals surface area contributed by atoms with Gasteiger partial charge in [0.25, 0.3) is 0 Å². The summed E-state index contributed by atoms with van der Waals surface area (Å²) in [5.41, 5.74) is 0. The van der Waals surface area contributed by atoms with Gasteiger partial charge in [-0.25, -0.2) is 4.98 Å². The van der Waals surface area contributed by atoms with Crippen LogP contribution < -0.4 is 4.90 Å². The van der Waals surface area contributed by atoms with Gasteiger partial charge in [0.15, 0.2) is 0 Å². The Morgan fingerprint density at radius 1 is 1.42 bits per heavy atom. The molecule has 0 bridgehead atoms. The van der Waals surface area contributed by atoms with Gasteiger partial charge in [0.1, 0.15) is 11.9 Å². The summed E-state index contributed by atoms with van der Waals surface area (Å²) in [4.78, 5) is 20.3. The van der Waals surface area contributed by atoms with Gasteiger partial charge in [-0.05, 0) is 12.1 Å². The number of aromatic nitrogens is 1. The minimum atomic E-state index is -0.351. The van der Waals surface area contributed by atoms with Crippen molar-refractivity contribution in [3.63, 3.8) is 0 Å². The van der Waals surface area contributed by atoms with Crippen LogP contribution in [0.3, 0.4) is 0 Å². The van der Waals surface area contributed by atoms with Crippen molar-refractivity contribution in [1.29, 1.82) is 0 Å². The number of methoxy groups -OCH3 is 1. The monoisotopic (exact) mass is 261 g/mol. The zero-order valence-electron chi connectivity index (χ0n) is 11.2. The Bertz CT molecular complexity index is 428. The summed E-state index contributed by atoms with van der Waals surface area (Å²) in [5.74, 6) is 0.733. The van der Waals surface area contributed by atoms with E-state index in [1.807, 2.05) is 18.2 Å². The number of carbonyl (C=O) groups excluding carboxylic acids is 1. The van der Waals surface area contributed by atoms with Crippen molar-refractivity contribution in [3.8, 4) is 0 Å². The molecule has 0 aliphatic carbocycles. The summed E-state index contributed by atoms with van der Waals surface area (Å²) < 4.78 is 4.79. The van der Waals surface area contributed by atoms with E-state index in [0.29, 0.717) is 0 Å². The van der Waals surface area contributed by atoms with Gasteiger partial charge < -0.3 is 9.64 Å². The van der Waals surface area contributed by atoms with Crippen LogP contribution in [0.5, 0.6) is 0 Å². The predicted molar refractivity (Wildman–Crippen MR) is 74.0 cm³/mol. The minimum Gasteiger partial charge on any atom is -0.468 e. The van der Waals surface area contributed by atoms with Crippen molar-refractivity contribution >= 4 is 11.8 Å². The van der Waals surface area contributed by atoms with Gasteiger partial charge >= 0.3 is 5.97 Å². The molecule has 1 aromatic heterocycles. The minimum absolute atomic E-state index is 0.249. The molecular formula is C14H19N3O2. The Labute approximate surface area is 113 Å². The maximum Gasteiger partial charge on any atom is 0.327 e. The highest BCUT2D eigenvalue weighted by molar-refractivity contribution is 5.77. The molecule has 0 amide bonds. The average Bonchev–Trinajstić information content (AvgIpc) is 2.49. The van der Waals surface area contributed by atoms with Crippen LogP contribution in [0, 0.1) is 0 Å². The number of nitrogens with zero attached hydrogens (tertiary/aromatic N) is 3. The van der Waals surface area contributed by atoms with Crippen molar-refractivity contribution in [2.45, 2.75) is 6.04 Å². The largest absolute Gasteiger partial charge is 0.468 e. The molecule has 102 valence electrons. The smallest absolute Gasteiger partial charge is 0.327 e. The molecule has 1 aliphatic rings. The van der Waals surface area contributed by atoms with Gasteiger partial charge in [0.2, 0.25) is 0 Å². The quantitative estimate of drug-likeness (QED) is 0.596. The Morgan fingerprint density at radius 3 is 2.68 bits per heavy atom. The summed E-state index contributed by atoms with van der Waals surface area (Å²) in [5, 5.41) is 0. The molecule has 0 radical (unpaired) electrons. The van der Waals surface area contributed by atoms with Crippen LogP contribution in [0.15, 0.2) is 37.1 Å². The first-order chi connectivity index (χ1) is 9.26. The molecule has 5 heteroatoms. The topological polar surface area (TPSA) is 45.7 Å². The maximum atomic E-state index is 11.6. The second-order valence-corrected chi connectivity index (χ2v) is 4.41. The van der Waals surface area contributed by atoms with E-state index in [4.69, 9.17) is 4.74 Å². The number of anilines is 1. The number of pyridine rings is 1. The van der Waals surface area contributed by atoms with E-state index in [1.54, 1.807) is 12.3 Å². The van der Waals surface area contributed by atoms with Crippen molar-refractivity contribution in [2.75, 3.05) is 38.2 Å². The van der Waals surface area contributed by atoms with Gasteiger partial charge in [0, 0.05) is 32.4 Å². The molecule has 0 spiro atoms. The lowest BCUT2D eigenvalue weighted by Gasteiger charge is -2.37. The fourth-order valence-electron chi connectivity index (χ4n) is 2.29. The standard InChI is InChI=1S/C14H19N3O2/c1-3-12(14(18)19-2)16-8-10-17(11-9-16)13-6-4-5-7-15-13/h3-7,12H,1,8-11H2,2H3. The molecule has 5 nitrogen and oxygen atoms in total. The van der Waals surface area contributed by atoms with Crippen LogP contribution in [0.1, 0.15) is 0 Å². The third-order valence-corrected chi connectivity index (χ3v) is 3.35. The first kappa shape index (κ1) is 13.5. The van der Waals surface area contributed by atoms with E-state index in [2.05, 4.69) is 21.4 Å². The zero-order chi connectivity index (χ0) is 13.7. The molecule has 0 saturated carbocycles. The lowest BCUT2D eigenvalue weighted by Crippen LogP contribution is -2.52. The summed E-state index contributed by atoms with van der Waals surface area (Å²) in [7, 11) is 1.41. The second kappa shape index (κ2) is 6.33. The first-order valence-corrected chi connectivity index (χ1v) is 6.36. The number of rotatable bonds is 4. The molecule has 1 aromatic rings. The molecule has 2 heterocycles. The molecule has 2 rings (SSSR count). The summed E-state index contributed by atoms with van der Waals surface area (Å²) >= 11 is 0. The van der Waals surface area contributed by atoms with Crippen molar-refractivity contribution in [2.24, 2.45) is 0 Å². The summed E-state index contributed by atoms with van der Waals surface area (Å²) in [6.07, 6.45) is 3.44. The van der Waals surface area contributed by atoms with Crippen molar-refractivity contribution in [1.82, 2.24) is 9.88 Å². The van der Waals surface area contributed by atoms with Crippen LogP contribution in [0.25, 0.3) is 0 Å². The third kappa shape index (κ3) is 3.12. The number of hydrogen-bond donors (Lipinski definition) is 0. The molecular weight excluding hydrogens is 242 g/mol. The van der Waals surface area contributed by atoms with Gasteiger partial charge in [-0.15, -0.1) is 6.58 Å². The Hall–Kier alpha value is -1.88. The average molecular weight is 261 g/mol. The predicted octanol–water partition coefficient (Wildman–Crippen LogP) is 0.931. The van der Waals surface area contributed by atoms with Crippen LogP contribution in [0.2, 0.25) is 0 Å². The van der Waals surface area contributed by atoms with Crippen molar-refractivity contribution < 1.29 is 9.53 Å². The lowest BCUT2D eigenvalue weighted by atomic mass is 10.2. The fourth-order valence-corrected chi connectivity index (χ4v) is 2.29. The van der Waals surface area contributed by atoms with E-state index in [-0.39, 0.29) is 12.0 Å². The number of carbonyl (C=O) groups is 1. The fraction of sp³-hybridized carbons (Fsp3) is 0.429. The number of hydrogen-bond acceptors (Lipinski definition) is 5. The van der Waals surface area contributed by atoms with E-state index >= 15 is 0 Å². The van der Waals surface area contributed by atoms with Gasteiger partial charge in [-0.2, -0.15) is 0 Å². The van der Waals surface area contributed by atoms with Crippen molar-refractivity contribution in [3.05, 3.63) is 37.1 Å². The number of piperazine rings is 1. The molecule has 1 atom stereocenters. The molecule has 1 saturated heterocycles. The third-order valence-electron chi connectivity index (χ3n) is 3.35. The molecule has 1 aliphatic heterocycles. The van der Waals surface area contributed by atoms with Crippen LogP contribution >= 0.6 is 0 Å². The summed E-state index contributed by atoms with van der Waals surface area (Å²) in [6, 6.07) is 5.54. The van der Waals surface area contributed by atoms with Crippen LogP contribution in [-0.2, 0) is 9.53 Å². The second-order valence-electron chi connectivity index (χ2n) is 4.41. The normalized spacial score (nSPS) is 17.8. The molecule has 0 aromatic carbocycles. The lowest BCUT2D eigenvalue weighted by molar-refractivity contribution is -0.145. The number of ether oxygens (including phenoxy) is 1. The van der Waals surface area contributed by atoms with Gasteiger partial charge in [0.05, 0.1) is 7.11 Å². The first-order valence-electron chi connectivity index (χ1n) is 6.36. The van der Waals surface area contributed by atoms with Crippen LogP contribution in [-0.4, -0.2) is 55.2 Å². The van der Waals surface area contributed by atoms with Crippen LogP contribution in [0.4, 0.5) is 5.82 Å². The highest BCUT2D eigenvalue weighted by atomic mass is 16.5. The van der Waals surface area contributed by atoms with Gasteiger partial charge in [-0.3, -0.25) is 9.69 Å². The highest BCUT2D eigenvalue weighted by Crippen LogP contribution is 2.14. The van der Waals surface area contributed by atoms with E-state index in [9.17, 15) is 4.79 Å². The molecule has 1 fully saturated rings.